The molecule has 2 heterocycles. The maximum absolute atomic E-state index is 14.3. The van der Waals surface area contributed by atoms with Gasteiger partial charge in [-0.2, -0.15) is 0 Å². The lowest BCUT2D eigenvalue weighted by atomic mass is 10.1. The van der Waals surface area contributed by atoms with Gasteiger partial charge in [0.1, 0.15) is 29.9 Å². The summed E-state index contributed by atoms with van der Waals surface area (Å²) in [6.07, 6.45) is 3.20. The molecule has 1 aliphatic heterocycles. The van der Waals surface area contributed by atoms with Crippen LogP contribution < -0.4 is 20.7 Å². The molecule has 0 aliphatic carbocycles. The molecule has 0 radical (unpaired) electrons. The monoisotopic (exact) mass is 379 g/mol. The molecular weight excluding hydrogens is 356 g/mol. The van der Waals surface area contributed by atoms with Crippen molar-refractivity contribution in [3.05, 3.63) is 36.2 Å². The summed E-state index contributed by atoms with van der Waals surface area (Å²) in [5, 5.41) is 8.82. The fourth-order valence-corrected chi connectivity index (χ4v) is 2.76. The number of anilines is 3. The van der Waals surface area contributed by atoms with E-state index in [1.807, 2.05) is 0 Å². The van der Waals surface area contributed by atoms with E-state index in [1.54, 1.807) is 6.07 Å². The number of aromatic nitrogens is 2. The van der Waals surface area contributed by atoms with Crippen LogP contribution in [-0.2, 0) is 4.74 Å². The Hall–Kier alpha value is -2.52. The van der Waals surface area contributed by atoms with E-state index in [0.29, 0.717) is 24.8 Å². The molecular formula is C18H23F2N5O2. The van der Waals surface area contributed by atoms with Gasteiger partial charge in [-0.3, -0.25) is 0 Å². The van der Waals surface area contributed by atoms with Crippen LogP contribution in [0.2, 0.25) is 0 Å². The van der Waals surface area contributed by atoms with Crippen LogP contribution >= 0.6 is 0 Å². The lowest BCUT2D eigenvalue weighted by molar-refractivity contribution is 0.156. The molecule has 0 saturated carbocycles. The van der Waals surface area contributed by atoms with E-state index in [9.17, 15) is 8.78 Å². The van der Waals surface area contributed by atoms with E-state index in [-0.39, 0.29) is 17.5 Å². The molecule has 3 N–H and O–H groups in total. The second-order valence-electron chi connectivity index (χ2n) is 6.17. The number of nitrogens with zero attached hydrogens (tertiary/aromatic N) is 2. The first kappa shape index (κ1) is 19.2. The van der Waals surface area contributed by atoms with Crippen molar-refractivity contribution in [3.63, 3.8) is 0 Å². The first-order chi connectivity index (χ1) is 13.2. The van der Waals surface area contributed by atoms with Gasteiger partial charge >= 0.3 is 0 Å². The quantitative estimate of drug-likeness (QED) is 0.609. The van der Waals surface area contributed by atoms with Crippen LogP contribution in [0.3, 0.4) is 0 Å². The van der Waals surface area contributed by atoms with Gasteiger partial charge in [-0.05, 0) is 25.9 Å². The summed E-state index contributed by atoms with van der Waals surface area (Å²) in [6, 6.07) is 3.75. The van der Waals surface area contributed by atoms with E-state index in [4.69, 9.17) is 9.47 Å². The smallest absolute Gasteiger partial charge is 0.218 e. The molecule has 0 bridgehead atoms. The number of nitrogens with one attached hydrogen (secondary N) is 3. The van der Waals surface area contributed by atoms with E-state index in [1.165, 1.54) is 13.4 Å². The second kappa shape index (κ2) is 9.43. The number of hydrogen-bond donors (Lipinski definition) is 3. The summed E-state index contributed by atoms with van der Waals surface area (Å²) in [6.45, 7) is 2.57. The molecule has 1 aromatic heterocycles. The topological polar surface area (TPSA) is 80.3 Å². The molecule has 0 unspecified atom stereocenters. The highest BCUT2D eigenvalue weighted by atomic mass is 19.1. The van der Waals surface area contributed by atoms with Crippen molar-refractivity contribution < 1.29 is 18.3 Å². The Morgan fingerprint density at radius 3 is 2.63 bits per heavy atom. The normalized spacial score (nSPS) is 14.8. The third-order valence-corrected chi connectivity index (χ3v) is 4.16. The third-order valence-electron chi connectivity index (χ3n) is 4.16. The zero-order chi connectivity index (χ0) is 19.1. The maximum Gasteiger partial charge on any atom is 0.218 e. The van der Waals surface area contributed by atoms with Crippen molar-refractivity contribution in [1.29, 1.82) is 0 Å². The van der Waals surface area contributed by atoms with E-state index >= 15 is 0 Å². The largest absolute Gasteiger partial charge is 0.474 e. The van der Waals surface area contributed by atoms with Gasteiger partial charge in [0.25, 0.3) is 0 Å². The second-order valence-corrected chi connectivity index (χ2v) is 6.17. The van der Waals surface area contributed by atoms with Crippen LogP contribution in [0.4, 0.5) is 26.0 Å². The molecule has 3 rings (SSSR count). The summed E-state index contributed by atoms with van der Waals surface area (Å²) in [5.41, 5.74) is 0.0593. The average Bonchev–Trinajstić information content (AvgIpc) is 2.67. The Bertz CT molecular complexity index is 757. The zero-order valence-electron chi connectivity index (χ0n) is 15.1. The molecule has 1 fully saturated rings. The maximum atomic E-state index is 14.3. The number of halogens is 2. The Morgan fingerprint density at radius 1 is 1.11 bits per heavy atom. The van der Waals surface area contributed by atoms with Crippen molar-refractivity contribution >= 4 is 17.2 Å². The molecule has 0 atom stereocenters. The van der Waals surface area contributed by atoms with Crippen molar-refractivity contribution in [3.8, 4) is 5.88 Å². The lowest BCUT2D eigenvalue weighted by Gasteiger charge is -2.23. The Balaban J connectivity index is 1.67. The first-order valence-electron chi connectivity index (χ1n) is 8.84. The highest BCUT2D eigenvalue weighted by Gasteiger charge is 2.16. The molecule has 1 aliphatic rings. The van der Waals surface area contributed by atoms with E-state index in [2.05, 4.69) is 25.9 Å². The minimum atomic E-state index is -0.601. The van der Waals surface area contributed by atoms with Crippen molar-refractivity contribution in [1.82, 2.24) is 15.3 Å². The fraction of sp³-hybridized carbons (Fsp3) is 0.444. The molecule has 27 heavy (non-hydrogen) atoms. The Morgan fingerprint density at radius 2 is 1.85 bits per heavy atom. The molecule has 146 valence electrons. The average molecular weight is 379 g/mol. The fourth-order valence-electron chi connectivity index (χ4n) is 2.76. The number of piperidine rings is 1. The highest BCUT2D eigenvalue weighted by Crippen LogP contribution is 2.26. The SMILES string of the molecule is COCCNc1cc(F)c(Nc2cc(OC3CCNCC3)ncn2)cc1F. The molecule has 9 heteroatoms. The summed E-state index contributed by atoms with van der Waals surface area (Å²) >= 11 is 0. The van der Waals surface area contributed by atoms with Gasteiger partial charge in [-0.15, -0.1) is 0 Å². The molecule has 0 spiro atoms. The Labute approximate surface area is 156 Å². The molecule has 7 nitrogen and oxygen atoms in total. The van der Waals surface area contributed by atoms with Crippen LogP contribution in [0.1, 0.15) is 12.8 Å². The highest BCUT2D eigenvalue weighted by molar-refractivity contribution is 5.62. The van der Waals surface area contributed by atoms with Gasteiger partial charge in [0.15, 0.2) is 0 Å². The summed E-state index contributed by atoms with van der Waals surface area (Å²) in [7, 11) is 1.54. The summed E-state index contributed by atoms with van der Waals surface area (Å²) < 4.78 is 39.2. The molecule has 1 saturated heterocycles. The van der Waals surface area contributed by atoms with Crippen LogP contribution in [-0.4, -0.2) is 49.4 Å². The predicted molar refractivity (Wildman–Crippen MR) is 98.6 cm³/mol. The molecule has 1 aromatic carbocycles. The van der Waals surface area contributed by atoms with Crippen LogP contribution in [0, 0.1) is 11.6 Å². The molecule has 0 amide bonds. The summed E-state index contributed by atoms with van der Waals surface area (Å²) in [5.74, 6) is -0.448. The standard InChI is InChI=1S/C18H23F2N5O2/c1-26-7-6-22-15-8-14(20)16(9-13(15)19)25-17-10-18(24-11-23-17)27-12-2-4-21-5-3-12/h8-12,21-22H,2-7H2,1H3,(H,23,24,25). The molecule has 2 aromatic rings. The van der Waals surface area contributed by atoms with Gasteiger partial charge in [0.2, 0.25) is 5.88 Å². The van der Waals surface area contributed by atoms with Crippen LogP contribution in [0.15, 0.2) is 24.5 Å². The lowest BCUT2D eigenvalue weighted by Crippen LogP contribution is -2.34. The van der Waals surface area contributed by atoms with Gasteiger partial charge in [-0.25, -0.2) is 18.7 Å². The van der Waals surface area contributed by atoms with Crippen molar-refractivity contribution in [2.45, 2.75) is 18.9 Å². The van der Waals surface area contributed by atoms with Gasteiger partial charge in [0.05, 0.1) is 18.0 Å². The van der Waals surface area contributed by atoms with Crippen LogP contribution in [0.25, 0.3) is 0 Å². The van der Waals surface area contributed by atoms with Crippen LogP contribution in [0.5, 0.6) is 5.88 Å². The van der Waals surface area contributed by atoms with Gasteiger partial charge < -0.3 is 25.4 Å². The minimum absolute atomic E-state index is 0.0173. The number of hydrogen-bond acceptors (Lipinski definition) is 7. The Kier molecular flexibility index (Phi) is 6.72. The van der Waals surface area contributed by atoms with Crippen molar-refractivity contribution in [2.75, 3.05) is 44.0 Å². The first-order valence-corrected chi connectivity index (χ1v) is 8.84. The number of rotatable bonds is 8. The number of methoxy groups -OCH3 is 1. The van der Waals surface area contributed by atoms with E-state index < -0.39 is 11.6 Å². The summed E-state index contributed by atoms with van der Waals surface area (Å²) in [4.78, 5) is 8.13. The zero-order valence-corrected chi connectivity index (χ0v) is 15.1. The van der Waals surface area contributed by atoms with E-state index in [0.717, 1.165) is 38.1 Å². The van der Waals surface area contributed by atoms with Gasteiger partial charge in [0, 0.05) is 31.9 Å². The predicted octanol–water partition coefficient (Wildman–Crippen LogP) is 2.69. The van der Waals surface area contributed by atoms with Gasteiger partial charge in [-0.1, -0.05) is 0 Å². The van der Waals surface area contributed by atoms with Crippen molar-refractivity contribution in [2.24, 2.45) is 0 Å². The number of ether oxygens (including phenoxy) is 2. The minimum Gasteiger partial charge on any atom is -0.474 e. The third kappa shape index (κ3) is 5.48. The number of benzene rings is 1.